The lowest BCUT2D eigenvalue weighted by molar-refractivity contribution is 0.0192. The van der Waals surface area contributed by atoms with Gasteiger partial charge in [0.25, 0.3) is 0 Å². The SMILES string of the molecule is Cc1c(C#Cc2ccccc2OC(=O)OC(C)(C)C)c(C#Cc2ccccc2OC(=O)OC(C)(C)C)c(C)c(C#Cc2ccccc2OC(=O)OC(C)(C)C)c1C#Cc1ccccc1OC(=O)OC(C)(C)C. The van der Waals surface area contributed by atoms with Gasteiger partial charge in [-0.15, -0.1) is 0 Å². The largest absolute Gasteiger partial charge is 0.514 e. The maximum atomic E-state index is 12.9. The lowest BCUT2D eigenvalue weighted by atomic mass is 9.87. The third-order valence-electron chi connectivity index (χ3n) is 9.17. The average Bonchev–Trinajstić information content (AvgIpc) is 3.24. The summed E-state index contributed by atoms with van der Waals surface area (Å²) in [6.07, 6.45) is -3.62. The first-order chi connectivity index (χ1) is 33.6. The van der Waals surface area contributed by atoms with Gasteiger partial charge in [0.05, 0.1) is 22.3 Å². The van der Waals surface area contributed by atoms with Crippen molar-refractivity contribution >= 4 is 24.6 Å². The predicted octanol–water partition coefficient (Wildman–Crippen LogP) is 13.2. The van der Waals surface area contributed by atoms with Gasteiger partial charge in [-0.2, -0.15) is 0 Å². The summed E-state index contributed by atoms with van der Waals surface area (Å²) in [5.41, 5.74) is 1.01. The van der Waals surface area contributed by atoms with Crippen LogP contribution in [-0.4, -0.2) is 47.0 Å². The molecule has 0 atom stereocenters. The summed E-state index contributed by atoms with van der Waals surface area (Å²) < 4.78 is 44.2. The first kappa shape index (κ1) is 54.4. The number of benzene rings is 5. The zero-order valence-electron chi connectivity index (χ0n) is 43.1. The minimum absolute atomic E-state index is 0.158. The standard InChI is InChI=1S/C60H58O12/c1-39-45(35-31-41-23-15-19-27-49(41)65-53(61)69-57(3,4)5)47(37-33-43-25-17-21-29-51(43)67-55(63)71-59(9,10)11)40(2)48(38-34-44-26-18-22-30-52(44)68-56(64)72-60(12,13)14)46(39)36-32-42-24-16-20-28-50(42)66-54(62)70-58(6,7)8/h15-30H,1-14H3. The molecule has 0 fully saturated rings. The lowest BCUT2D eigenvalue weighted by Crippen LogP contribution is -2.26. The molecule has 5 rings (SSSR count). The van der Waals surface area contributed by atoms with Crippen molar-refractivity contribution in [3.05, 3.63) is 153 Å². The summed E-state index contributed by atoms with van der Waals surface area (Å²) in [5, 5.41) is 0. The molecule has 0 bridgehead atoms. The second kappa shape index (κ2) is 22.9. The van der Waals surface area contributed by atoms with Crippen LogP contribution in [0, 0.1) is 61.2 Å². The van der Waals surface area contributed by atoms with Crippen molar-refractivity contribution in [2.24, 2.45) is 0 Å². The van der Waals surface area contributed by atoms with Crippen LogP contribution in [0.3, 0.4) is 0 Å². The molecule has 12 heteroatoms. The second-order valence-corrected chi connectivity index (χ2v) is 20.0. The number of ether oxygens (including phenoxy) is 8. The van der Waals surface area contributed by atoms with Gasteiger partial charge in [0.15, 0.2) is 0 Å². The minimum Gasteiger partial charge on any atom is -0.428 e. The van der Waals surface area contributed by atoms with E-state index >= 15 is 0 Å². The highest BCUT2D eigenvalue weighted by Crippen LogP contribution is 2.30. The van der Waals surface area contributed by atoms with E-state index < -0.39 is 47.0 Å². The predicted molar refractivity (Wildman–Crippen MR) is 273 cm³/mol. The van der Waals surface area contributed by atoms with E-state index in [4.69, 9.17) is 37.9 Å². The number of rotatable bonds is 4. The van der Waals surface area contributed by atoms with E-state index in [-0.39, 0.29) is 23.0 Å². The van der Waals surface area contributed by atoms with Crippen LogP contribution in [0.15, 0.2) is 97.1 Å². The summed E-state index contributed by atoms with van der Waals surface area (Å²) in [6, 6.07) is 27.0. The molecule has 0 aliphatic carbocycles. The molecule has 0 aliphatic heterocycles. The van der Waals surface area contributed by atoms with Gasteiger partial charge in [0.1, 0.15) is 45.4 Å². The molecule has 0 spiro atoms. The van der Waals surface area contributed by atoms with Gasteiger partial charge in [-0.05, 0) is 157 Å². The van der Waals surface area contributed by atoms with Crippen molar-refractivity contribution in [3.8, 4) is 70.4 Å². The van der Waals surface area contributed by atoms with Crippen molar-refractivity contribution < 1.29 is 57.1 Å². The zero-order valence-corrected chi connectivity index (χ0v) is 43.1. The lowest BCUT2D eigenvalue weighted by Gasteiger charge is -2.19. The van der Waals surface area contributed by atoms with Crippen LogP contribution < -0.4 is 18.9 Å². The molecule has 12 nitrogen and oxygen atoms in total. The third-order valence-corrected chi connectivity index (χ3v) is 9.17. The van der Waals surface area contributed by atoms with Gasteiger partial charge in [0.2, 0.25) is 0 Å². The Balaban J connectivity index is 1.82. The average molecular weight is 971 g/mol. The zero-order chi connectivity index (χ0) is 53.0. The Hall–Kier alpha value is -8.58. The van der Waals surface area contributed by atoms with Crippen LogP contribution in [0.2, 0.25) is 0 Å². The maximum absolute atomic E-state index is 12.9. The van der Waals surface area contributed by atoms with E-state index in [1.165, 1.54) is 0 Å². The van der Waals surface area contributed by atoms with Crippen LogP contribution in [0.1, 0.15) is 139 Å². The van der Waals surface area contributed by atoms with Crippen LogP contribution >= 0.6 is 0 Å². The quantitative estimate of drug-likeness (QED) is 0.0732. The Labute approximate surface area is 422 Å². The van der Waals surface area contributed by atoms with Crippen LogP contribution in [0.5, 0.6) is 23.0 Å². The fourth-order valence-electron chi connectivity index (χ4n) is 6.22. The topological polar surface area (TPSA) is 142 Å². The van der Waals surface area contributed by atoms with Crippen molar-refractivity contribution in [1.82, 2.24) is 0 Å². The number of para-hydroxylation sites is 4. The Bertz CT molecular complexity index is 2720. The van der Waals surface area contributed by atoms with E-state index in [0.29, 0.717) is 55.6 Å². The highest BCUT2D eigenvalue weighted by molar-refractivity contribution is 5.74. The Kier molecular flexibility index (Phi) is 17.3. The Morgan fingerprint density at radius 3 is 0.667 bits per heavy atom. The van der Waals surface area contributed by atoms with Crippen molar-refractivity contribution in [2.45, 2.75) is 119 Å². The normalized spacial score (nSPS) is 11.0. The molecule has 0 aromatic heterocycles. The monoisotopic (exact) mass is 970 g/mol. The van der Waals surface area contributed by atoms with E-state index in [2.05, 4.69) is 47.4 Å². The molecule has 0 radical (unpaired) electrons. The summed E-state index contributed by atoms with van der Waals surface area (Å²) in [5.74, 6) is 26.5. The molecule has 0 heterocycles. The first-order valence-corrected chi connectivity index (χ1v) is 22.9. The molecule has 0 saturated carbocycles. The van der Waals surface area contributed by atoms with Gasteiger partial charge in [-0.1, -0.05) is 95.9 Å². The van der Waals surface area contributed by atoms with E-state index in [1.807, 2.05) is 13.8 Å². The maximum Gasteiger partial charge on any atom is 0.514 e. The first-order valence-electron chi connectivity index (χ1n) is 22.9. The minimum atomic E-state index is -0.905. The molecular weight excluding hydrogens is 913 g/mol. The molecule has 0 saturated heterocycles. The number of carbonyl (C=O) groups excluding carboxylic acids is 4. The highest BCUT2D eigenvalue weighted by atomic mass is 16.7. The van der Waals surface area contributed by atoms with Gasteiger partial charge in [-0.25, -0.2) is 19.2 Å². The smallest absolute Gasteiger partial charge is 0.428 e. The van der Waals surface area contributed by atoms with Crippen LogP contribution in [0.25, 0.3) is 0 Å². The molecule has 72 heavy (non-hydrogen) atoms. The summed E-state index contributed by atoms with van der Waals surface area (Å²) in [7, 11) is 0. The fraction of sp³-hybridized carbons (Fsp3) is 0.300. The highest BCUT2D eigenvalue weighted by Gasteiger charge is 2.24. The fourth-order valence-corrected chi connectivity index (χ4v) is 6.22. The summed E-state index contributed by atoms with van der Waals surface area (Å²) in [4.78, 5) is 51.4. The van der Waals surface area contributed by atoms with Gasteiger partial charge in [-0.3, -0.25) is 0 Å². The molecular formula is C60H58O12. The van der Waals surface area contributed by atoms with Gasteiger partial charge >= 0.3 is 24.6 Å². The van der Waals surface area contributed by atoms with E-state index in [0.717, 1.165) is 0 Å². The number of hydrogen-bond donors (Lipinski definition) is 0. The molecule has 5 aromatic rings. The van der Waals surface area contributed by atoms with Crippen LogP contribution in [0.4, 0.5) is 19.2 Å². The van der Waals surface area contributed by atoms with Crippen LogP contribution in [-0.2, 0) is 18.9 Å². The molecule has 0 aliphatic rings. The second-order valence-electron chi connectivity index (χ2n) is 20.0. The molecule has 0 N–H and O–H groups in total. The number of hydrogen-bond acceptors (Lipinski definition) is 12. The Morgan fingerprint density at radius 1 is 0.306 bits per heavy atom. The van der Waals surface area contributed by atoms with Gasteiger partial charge < -0.3 is 37.9 Å². The van der Waals surface area contributed by atoms with Crippen molar-refractivity contribution in [1.29, 1.82) is 0 Å². The molecule has 5 aromatic carbocycles. The number of carbonyl (C=O) groups is 4. The van der Waals surface area contributed by atoms with Crippen molar-refractivity contribution in [2.75, 3.05) is 0 Å². The Morgan fingerprint density at radius 2 is 0.486 bits per heavy atom. The van der Waals surface area contributed by atoms with E-state index in [1.54, 1.807) is 180 Å². The molecule has 0 unspecified atom stereocenters. The molecule has 0 amide bonds. The summed E-state index contributed by atoms with van der Waals surface area (Å²) >= 11 is 0. The van der Waals surface area contributed by atoms with E-state index in [9.17, 15) is 19.2 Å². The third kappa shape index (κ3) is 16.8. The molecule has 370 valence electrons. The summed E-state index contributed by atoms with van der Waals surface area (Å²) in [6.45, 7) is 24.4. The van der Waals surface area contributed by atoms with Gasteiger partial charge in [0, 0.05) is 22.3 Å². The van der Waals surface area contributed by atoms with Crippen molar-refractivity contribution in [3.63, 3.8) is 0 Å².